The standard InChI is InChI=1S/C37H52N6O6S2/c1-7-27(6)34(43-18-17-41(37(43)46)22-30-24-50-36(39-30)26(4)5)35(45)40-32(19-28-11-9-8-10-12-28)33(44)23-42(21-25(2)3)51(48,49)31-15-13-29(14-16-31)20-38-47/h8-16,20,24-27,32-34,44,47H,7,17-19,21-23H2,1-6H3,(H,40,45)/t27-,32-,33-,34-/m0/s1. The summed E-state index contributed by atoms with van der Waals surface area (Å²) in [6.07, 6.45) is 0.799. The largest absolute Gasteiger partial charge is 0.411 e. The molecule has 3 N–H and O–H groups in total. The molecule has 12 nitrogen and oxygen atoms in total. The van der Waals surface area contributed by atoms with Gasteiger partial charge in [0.1, 0.15) is 6.04 Å². The first-order valence-electron chi connectivity index (χ1n) is 17.5. The molecule has 3 amide bonds. The number of hydrogen-bond donors (Lipinski definition) is 3. The van der Waals surface area contributed by atoms with E-state index in [0.717, 1.165) is 16.3 Å². The summed E-state index contributed by atoms with van der Waals surface area (Å²) >= 11 is 1.58. The van der Waals surface area contributed by atoms with Crippen LogP contribution in [0.2, 0.25) is 0 Å². The number of amides is 3. The lowest BCUT2D eigenvalue weighted by atomic mass is 9.95. The molecule has 51 heavy (non-hydrogen) atoms. The number of oxime groups is 1. The highest BCUT2D eigenvalue weighted by atomic mass is 32.2. The molecule has 0 aliphatic carbocycles. The molecule has 3 aromatic rings. The van der Waals surface area contributed by atoms with Crippen LogP contribution in [0.15, 0.2) is 70.0 Å². The Morgan fingerprint density at radius 1 is 1.06 bits per heavy atom. The van der Waals surface area contributed by atoms with Crippen molar-refractivity contribution in [1.29, 1.82) is 0 Å². The minimum Gasteiger partial charge on any atom is -0.411 e. The van der Waals surface area contributed by atoms with Crippen molar-refractivity contribution in [3.8, 4) is 0 Å². The van der Waals surface area contributed by atoms with Crippen molar-refractivity contribution in [2.75, 3.05) is 26.2 Å². The van der Waals surface area contributed by atoms with E-state index in [-0.39, 0.29) is 42.3 Å². The molecule has 4 rings (SSSR count). The van der Waals surface area contributed by atoms with Crippen LogP contribution in [0.25, 0.3) is 0 Å². The van der Waals surface area contributed by atoms with E-state index in [2.05, 4.69) is 29.3 Å². The molecule has 1 aliphatic rings. The summed E-state index contributed by atoms with van der Waals surface area (Å²) < 4.78 is 29.1. The van der Waals surface area contributed by atoms with E-state index < -0.39 is 34.1 Å². The van der Waals surface area contributed by atoms with E-state index in [4.69, 9.17) is 5.21 Å². The van der Waals surface area contributed by atoms with Crippen LogP contribution in [0.4, 0.5) is 4.79 Å². The van der Waals surface area contributed by atoms with Crippen molar-refractivity contribution in [2.24, 2.45) is 17.0 Å². The monoisotopic (exact) mass is 740 g/mol. The Balaban J connectivity index is 1.58. The van der Waals surface area contributed by atoms with Gasteiger partial charge in [-0.25, -0.2) is 18.2 Å². The van der Waals surface area contributed by atoms with Crippen molar-refractivity contribution >= 4 is 39.5 Å². The Morgan fingerprint density at radius 2 is 1.75 bits per heavy atom. The minimum absolute atomic E-state index is 0.0288. The zero-order valence-electron chi connectivity index (χ0n) is 30.3. The van der Waals surface area contributed by atoms with E-state index in [1.807, 2.05) is 63.4 Å². The molecule has 0 bridgehead atoms. The summed E-state index contributed by atoms with van der Waals surface area (Å²) in [4.78, 5) is 36.1. The Hall–Kier alpha value is -3.85. The molecule has 1 fully saturated rings. The van der Waals surface area contributed by atoms with Crippen molar-refractivity contribution in [2.45, 2.75) is 89.9 Å². The number of aliphatic hydroxyl groups excluding tert-OH is 1. The molecule has 2 heterocycles. The number of hydrogen-bond acceptors (Lipinski definition) is 9. The third-order valence-corrected chi connectivity index (χ3v) is 12.1. The average molecular weight is 741 g/mol. The normalized spacial score (nSPS) is 16.4. The second-order valence-electron chi connectivity index (χ2n) is 14.0. The van der Waals surface area contributed by atoms with Gasteiger partial charge < -0.3 is 25.4 Å². The van der Waals surface area contributed by atoms with Crippen LogP contribution in [0.1, 0.15) is 75.7 Å². The summed E-state index contributed by atoms with van der Waals surface area (Å²) in [5.74, 6) is -0.346. The number of sulfonamides is 1. The first kappa shape index (κ1) is 39.9. The fraction of sp³-hybridized carbons (Fsp3) is 0.514. The summed E-state index contributed by atoms with van der Waals surface area (Å²) in [7, 11) is -4.06. The van der Waals surface area contributed by atoms with Gasteiger partial charge in [-0.1, -0.05) is 95.6 Å². The van der Waals surface area contributed by atoms with Gasteiger partial charge in [0.15, 0.2) is 0 Å². The number of nitrogens with zero attached hydrogens (tertiary/aromatic N) is 5. The Labute approximate surface area is 306 Å². The number of aliphatic hydroxyl groups is 1. The Bertz CT molecular complexity index is 1710. The molecule has 14 heteroatoms. The average Bonchev–Trinajstić information content (AvgIpc) is 3.71. The molecule has 0 spiro atoms. The van der Waals surface area contributed by atoms with Gasteiger partial charge in [-0.05, 0) is 41.5 Å². The maximum Gasteiger partial charge on any atom is 0.321 e. The van der Waals surface area contributed by atoms with E-state index in [1.165, 1.54) is 34.8 Å². The number of carbonyl (C=O) groups excluding carboxylic acids is 2. The van der Waals surface area contributed by atoms with Crippen molar-refractivity contribution in [3.63, 3.8) is 0 Å². The molecular weight excluding hydrogens is 689 g/mol. The van der Waals surface area contributed by atoms with Crippen LogP contribution in [-0.2, 0) is 27.8 Å². The van der Waals surface area contributed by atoms with Crippen molar-refractivity contribution in [3.05, 3.63) is 81.8 Å². The Kier molecular flexibility index (Phi) is 14.1. The molecule has 278 valence electrons. The quantitative estimate of drug-likeness (QED) is 0.0925. The van der Waals surface area contributed by atoms with Crippen molar-refractivity contribution < 1.29 is 28.3 Å². The minimum atomic E-state index is -4.06. The van der Waals surface area contributed by atoms with Crippen LogP contribution < -0.4 is 5.32 Å². The molecule has 0 radical (unpaired) electrons. The Morgan fingerprint density at radius 3 is 2.33 bits per heavy atom. The number of urea groups is 1. The highest BCUT2D eigenvalue weighted by Crippen LogP contribution is 2.25. The lowest BCUT2D eigenvalue weighted by Gasteiger charge is -2.35. The highest BCUT2D eigenvalue weighted by molar-refractivity contribution is 7.89. The third kappa shape index (κ3) is 10.4. The number of benzene rings is 2. The summed E-state index contributed by atoms with van der Waals surface area (Å²) in [5, 5.41) is 29.7. The van der Waals surface area contributed by atoms with Gasteiger partial charge in [-0.3, -0.25) is 4.79 Å². The van der Waals surface area contributed by atoms with Gasteiger partial charge >= 0.3 is 6.03 Å². The van der Waals surface area contributed by atoms with Crippen LogP contribution in [-0.4, -0.2) is 100 Å². The zero-order valence-corrected chi connectivity index (χ0v) is 32.0. The van der Waals surface area contributed by atoms with Gasteiger partial charge in [-0.15, -0.1) is 11.3 Å². The van der Waals surface area contributed by atoms with E-state index >= 15 is 0 Å². The smallest absolute Gasteiger partial charge is 0.321 e. The molecule has 1 aromatic heterocycles. The summed E-state index contributed by atoms with van der Waals surface area (Å²) in [6, 6.07) is 13.4. The molecule has 1 aliphatic heterocycles. The van der Waals surface area contributed by atoms with Crippen LogP contribution in [0.3, 0.4) is 0 Å². The van der Waals surface area contributed by atoms with Crippen LogP contribution in [0.5, 0.6) is 0 Å². The lowest BCUT2D eigenvalue weighted by Crippen LogP contribution is -2.57. The van der Waals surface area contributed by atoms with Gasteiger partial charge in [0.2, 0.25) is 15.9 Å². The van der Waals surface area contributed by atoms with Gasteiger partial charge in [0.25, 0.3) is 0 Å². The second-order valence-corrected chi connectivity index (χ2v) is 16.8. The second kappa shape index (κ2) is 18.1. The molecule has 4 atom stereocenters. The predicted octanol–water partition coefficient (Wildman–Crippen LogP) is 5.16. The van der Waals surface area contributed by atoms with Gasteiger partial charge in [-0.2, -0.15) is 4.31 Å². The summed E-state index contributed by atoms with van der Waals surface area (Å²) in [5.41, 5.74) is 2.20. The molecule has 1 saturated heterocycles. The summed E-state index contributed by atoms with van der Waals surface area (Å²) in [6.45, 7) is 12.9. The van der Waals surface area contributed by atoms with Crippen LogP contribution >= 0.6 is 11.3 Å². The van der Waals surface area contributed by atoms with E-state index in [1.54, 1.807) is 21.1 Å². The lowest BCUT2D eigenvalue weighted by molar-refractivity contribution is -0.128. The zero-order chi connectivity index (χ0) is 37.3. The third-order valence-electron chi connectivity index (χ3n) is 9.11. The first-order chi connectivity index (χ1) is 24.2. The fourth-order valence-corrected chi connectivity index (χ4v) is 8.62. The predicted molar refractivity (Wildman–Crippen MR) is 199 cm³/mol. The number of thiazole rings is 1. The fourth-order valence-electron chi connectivity index (χ4n) is 6.17. The van der Waals surface area contributed by atoms with E-state index in [9.17, 15) is 23.1 Å². The molecule has 0 unspecified atom stereocenters. The number of aromatic nitrogens is 1. The number of carbonyl (C=O) groups is 2. The topological polar surface area (TPSA) is 156 Å². The van der Waals surface area contributed by atoms with E-state index in [0.29, 0.717) is 37.5 Å². The van der Waals surface area contributed by atoms with Crippen LogP contribution in [0, 0.1) is 11.8 Å². The molecular formula is C37H52N6O6S2. The van der Waals surface area contributed by atoms with Gasteiger partial charge in [0, 0.05) is 37.5 Å². The van der Waals surface area contributed by atoms with Crippen molar-refractivity contribution in [1.82, 2.24) is 24.4 Å². The number of nitrogens with one attached hydrogen (secondary N) is 1. The molecule has 2 aromatic carbocycles. The maximum atomic E-state index is 14.3. The van der Waals surface area contributed by atoms with Gasteiger partial charge in [0.05, 0.1) is 40.5 Å². The molecule has 0 saturated carbocycles. The number of rotatable bonds is 18. The highest BCUT2D eigenvalue weighted by Gasteiger charge is 2.41. The first-order valence-corrected chi connectivity index (χ1v) is 19.9. The SMILES string of the molecule is CC[C@H](C)[C@@H](C(=O)N[C@@H](Cc1ccccc1)[C@@H](O)CN(CC(C)C)S(=O)(=O)c1ccc(C=NO)cc1)N1CCN(Cc2csc(C(C)C)n2)C1=O. The maximum absolute atomic E-state index is 14.3.